The standard InChI is InChI=1S/C25H26N2O3/c1-17-9-12-22(30-2)24-21(17)8-5-15-27(24)23(28)13-14-26-25(29)20-11-10-18-6-3-4-7-19(18)16-20/h3-4,6-7,9-12,16H,5,8,13-15H2,1-2H3,(H,26,29). The fourth-order valence-electron chi connectivity index (χ4n) is 4.12. The van der Waals surface area contributed by atoms with E-state index in [2.05, 4.69) is 12.2 Å². The molecule has 1 aliphatic rings. The van der Waals surface area contributed by atoms with Crippen LogP contribution in [0.1, 0.15) is 34.3 Å². The minimum absolute atomic E-state index is 0.00124. The molecule has 3 aromatic rings. The van der Waals surface area contributed by atoms with Crippen LogP contribution in [0.25, 0.3) is 10.8 Å². The zero-order valence-corrected chi connectivity index (χ0v) is 17.4. The quantitative estimate of drug-likeness (QED) is 0.694. The average molecular weight is 402 g/mol. The van der Waals surface area contributed by atoms with Gasteiger partial charge in [-0.3, -0.25) is 9.59 Å². The average Bonchev–Trinajstić information content (AvgIpc) is 2.78. The molecule has 0 atom stereocenters. The van der Waals surface area contributed by atoms with E-state index in [1.54, 1.807) is 7.11 Å². The summed E-state index contributed by atoms with van der Waals surface area (Å²) in [5, 5.41) is 5.00. The zero-order chi connectivity index (χ0) is 21.1. The first-order valence-electron chi connectivity index (χ1n) is 10.3. The van der Waals surface area contributed by atoms with Gasteiger partial charge in [-0.15, -0.1) is 0 Å². The highest BCUT2D eigenvalue weighted by atomic mass is 16.5. The number of rotatable bonds is 5. The van der Waals surface area contributed by atoms with Gasteiger partial charge in [0.2, 0.25) is 5.91 Å². The van der Waals surface area contributed by atoms with Gasteiger partial charge in [0.1, 0.15) is 5.75 Å². The number of methoxy groups -OCH3 is 1. The van der Waals surface area contributed by atoms with Crippen molar-refractivity contribution in [2.75, 3.05) is 25.1 Å². The van der Waals surface area contributed by atoms with E-state index in [0.29, 0.717) is 18.7 Å². The van der Waals surface area contributed by atoms with Gasteiger partial charge in [0.15, 0.2) is 0 Å². The van der Waals surface area contributed by atoms with Crippen LogP contribution >= 0.6 is 0 Å². The van der Waals surface area contributed by atoms with Crippen LogP contribution in [0.5, 0.6) is 5.75 Å². The smallest absolute Gasteiger partial charge is 0.251 e. The van der Waals surface area contributed by atoms with Crippen molar-refractivity contribution in [3.05, 3.63) is 71.3 Å². The third-order valence-corrected chi connectivity index (χ3v) is 5.72. The highest BCUT2D eigenvalue weighted by Crippen LogP contribution is 2.38. The Kier molecular flexibility index (Phi) is 5.70. The molecule has 0 spiro atoms. The van der Waals surface area contributed by atoms with Gasteiger partial charge in [-0.25, -0.2) is 0 Å². The second-order valence-electron chi connectivity index (χ2n) is 7.63. The molecule has 1 heterocycles. The molecule has 0 unspecified atom stereocenters. The molecule has 154 valence electrons. The Hall–Kier alpha value is -3.34. The van der Waals surface area contributed by atoms with Crippen molar-refractivity contribution in [1.29, 1.82) is 0 Å². The molecule has 1 N–H and O–H groups in total. The molecule has 0 radical (unpaired) electrons. The SMILES string of the molecule is COc1ccc(C)c2c1N(C(=O)CCNC(=O)c1ccc3ccccc3c1)CCC2. The third-order valence-electron chi connectivity index (χ3n) is 5.72. The van der Waals surface area contributed by atoms with Crippen LogP contribution in [-0.4, -0.2) is 32.0 Å². The maximum atomic E-state index is 13.0. The van der Waals surface area contributed by atoms with Gasteiger partial charge in [0.25, 0.3) is 5.91 Å². The van der Waals surface area contributed by atoms with Crippen LogP contribution in [0.15, 0.2) is 54.6 Å². The van der Waals surface area contributed by atoms with Crippen molar-refractivity contribution in [1.82, 2.24) is 5.32 Å². The molecule has 5 heteroatoms. The van der Waals surface area contributed by atoms with E-state index in [1.807, 2.05) is 59.5 Å². The van der Waals surface area contributed by atoms with Crippen molar-refractivity contribution >= 4 is 28.3 Å². The summed E-state index contributed by atoms with van der Waals surface area (Å²) in [7, 11) is 1.63. The largest absolute Gasteiger partial charge is 0.495 e. The molecular formula is C25H26N2O3. The molecular weight excluding hydrogens is 376 g/mol. The van der Waals surface area contributed by atoms with E-state index in [4.69, 9.17) is 4.74 Å². The number of hydrogen-bond donors (Lipinski definition) is 1. The van der Waals surface area contributed by atoms with Crippen LogP contribution in [0.4, 0.5) is 5.69 Å². The Bertz CT molecular complexity index is 1110. The highest BCUT2D eigenvalue weighted by Gasteiger charge is 2.26. The number of hydrogen-bond acceptors (Lipinski definition) is 3. The number of ether oxygens (including phenoxy) is 1. The molecule has 0 aromatic heterocycles. The minimum atomic E-state index is -0.166. The molecule has 0 bridgehead atoms. The summed E-state index contributed by atoms with van der Waals surface area (Å²) < 4.78 is 5.52. The lowest BCUT2D eigenvalue weighted by Gasteiger charge is -2.32. The summed E-state index contributed by atoms with van der Waals surface area (Å²) in [6.45, 7) is 3.03. The number of benzene rings is 3. The molecule has 4 rings (SSSR count). The molecule has 5 nitrogen and oxygen atoms in total. The van der Waals surface area contributed by atoms with Crippen LogP contribution in [0, 0.1) is 6.92 Å². The summed E-state index contributed by atoms with van der Waals surface area (Å²) in [6.07, 6.45) is 2.12. The second-order valence-corrected chi connectivity index (χ2v) is 7.63. The molecule has 0 aliphatic carbocycles. The molecule has 2 amide bonds. The van der Waals surface area contributed by atoms with E-state index in [-0.39, 0.29) is 18.2 Å². The molecule has 30 heavy (non-hydrogen) atoms. The first-order chi connectivity index (χ1) is 14.6. The minimum Gasteiger partial charge on any atom is -0.495 e. The summed E-state index contributed by atoms with van der Waals surface area (Å²) in [5.74, 6) is 0.559. The second kappa shape index (κ2) is 8.57. The monoisotopic (exact) mass is 402 g/mol. The predicted octanol–water partition coefficient (Wildman–Crippen LogP) is 4.26. The van der Waals surface area contributed by atoms with Crippen LogP contribution in [0.2, 0.25) is 0 Å². The summed E-state index contributed by atoms with van der Waals surface area (Å²) in [6, 6.07) is 17.5. The van der Waals surface area contributed by atoms with Gasteiger partial charge in [-0.1, -0.05) is 36.4 Å². The summed E-state index contributed by atoms with van der Waals surface area (Å²) in [5.41, 5.74) is 3.83. The van der Waals surface area contributed by atoms with Crippen LogP contribution in [-0.2, 0) is 11.2 Å². The summed E-state index contributed by atoms with van der Waals surface area (Å²) in [4.78, 5) is 27.3. The number of aryl methyl sites for hydroxylation is 1. The number of nitrogens with one attached hydrogen (secondary N) is 1. The maximum Gasteiger partial charge on any atom is 0.251 e. The van der Waals surface area contributed by atoms with Crippen molar-refractivity contribution in [2.45, 2.75) is 26.2 Å². The molecule has 3 aromatic carbocycles. The zero-order valence-electron chi connectivity index (χ0n) is 17.4. The fraction of sp³-hybridized carbons (Fsp3) is 0.280. The molecule has 0 saturated heterocycles. The molecule has 0 saturated carbocycles. The lowest BCUT2D eigenvalue weighted by molar-refractivity contribution is -0.118. The Balaban J connectivity index is 1.42. The Morgan fingerprint density at radius 1 is 1.07 bits per heavy atom. The number of anilines is 1. The van der Waals surface area contributed by atoms with E-state index in [0.717, 1.165) is 35.1 Å². The maximum absolute atomic E-state index is 13.0. The van der Waals surface area contributed by atoms with Gasteiger partial charge >= 0.3 is 0 Å². The van der Waals surface area contributed by atoms with E-state index >= 15 is 0 Å². The fourth-order valence-corrected chi connectivity index (χ4v) is 4.12. The van der Waals surface area contributed by atoms with E-state index in [9.17, 15) is 9.59 Å². The highest BCUT2D eigenvalue weighted by molar-refractivity contribution is 6.00. The van der Waals surface area contributed by atoms with Crippen LogP contribution in [0.3, 0.4) is 0 Å². The van der Waals surface area contributed by atoms with Crippen molar-refractivity contribution in [3.63, 3.8) is 0 Å². The topological polar surface area (TPSA) is 58.6 Å². The lowest BCUT2D eigenvalue weighted by atomic mass is 9.96. The molecule has 0 fully saturated rings. The molecule has 1 aliphatic heterocycles. The number of carbonyl (C=O) groups is 2. The van der Waals surface area contributed by atoms with Gasteiger partial charge in [-0.05, 0) is 59.9 Å². The number of fused-ring (bicyclic) bond motifs is 2. The van der Waals surface area contributed by atoms with Gasteiger partial charge < -0.3 is 15.0 Å². The van der Waals surface area contributed by atoms with Gasteiger partial charge in [0.05, 0.1) is 12.8 Å². The van der Waals surface area contributed by atoms with Gasteiger partial charge in [-0.2, -0.15) is 0 Å². The number of amides is 2. The third kappa shape index (κ3) is 3.88. The Morgan fingerprint density at radius 2 is 1.87 bits per heavy atom. The first-order valence-corrected chi connectivity index (χ1v) is 10.3. The van der Waals surface area contributed by atoms with Crippen molar-refractivity contribution < 1.29 is 14.3 Å². The predicted molar refractivity (Wildman–Crippen MR) is 119 cm³/mol. The number of nitrogens with zero attached hydrogens (tertiary/aromatic N) is 1. The van der Waals surface area contributed by atoms with Crippen molar-refractivity contribution in [2.24, 2.45) is 0 Å². The van der Waals surface area contributed by atoms with Crippen molar-refractivity contribution in [3.8, 4) is 5.75 Å². The van der Waals surface area contributed by atoms with E-state index in [1.165, 1.54) is 11.1 Å². The Labute approximate surface area is 176 Å². The van der Waals surface area contributed by atoms with Gasteiger partial charge in [0, 0.05) is 25.1 Å². The van der Waals surface area contributed by atoms with E-state index < -0.39 is 0 Å². The van der Waals surface area contributed by atoms with Crippen LogP contribution < -0.4 is 15.0 Å². The lowest BCUT2D eigenvalue weighted by Crippen LogP contribution is -2.38. The summed E-state index contributed by atoms with van der Waals surface area (Å²) >= 11 is 0. The normalized spacial score (nSPS) is 13.1. The first kappa shape index (κ1) is 20.0. The Morgan fingerprint density at radius 3 is 2.67 bits per heavy atom. The number of carbonyl (C=O) groups excluding carboxylic acids is 2.